The number of ether oxygens (including phenoxy) is 1. The molecule has 0 aliphatic carbocycles. The van der Waals surface area contributed by atoms with Gasteiger partial charge in [-0.05, 0) is 52.4 Å². The van der Waals surface area contributed by atoms with E-state index in [-0.39, 0.29) is 11.5 Å². The Morgan fingerprint density at radius 2 is 1.87 bits per heavy atom. The quantitative estimate of drug-likeness (QED) is 0.499. The van der Waals surface area contributed by atoms with Gasteiger partial charge in [-0.15, -0.1) is 0 Å². The van der Waals surface area contributed by atoms with Crippen molar-refractivity contribution in [2.24, 2.45) is 0 Å². The van der Waals surface area contributed by atoms with Gasteiger partial charge in [-0.2, -0.15) is 0 Å². The predicted octanol–water partition coefficient (Wildman–Crippen LogP) is 3.63. The number of halogens is 1. The Hall–Kier alpha value is -2.22. The fraction of sp³-hybridized carbons (Fsp3) is 0.118. The summed E-state index contributed by atoms with van der Waals surface area (Å²) < 4.78 is 7.99. The first-order valence-corrected chi connectivity index (χ1v) is 8.01. The lowest BCUT2D eigenvalue weighted by atomic mass is 10.2. The van der Waals surface area contributed by atoms with Gasteiger partial charge in [-0.3, -0.25) is 4.79 Å². The highest BCUT2D eigenvalue weighted by molar-refractivity contribution is 14.1. The highest BCUT2D eigenvalue weighted by Crippen LogP contribution is 2.40. The van der Waals surface area contributed by atoms with Crippen LogP contribution in [0.3, 0.4) is 0 Å². The van der Waals surface area contributed by atoms with E-state index in [0.717, 1.165) is 14.8 Å². The zero-order valence-electron chi connectivity index (χ0n) is 12.3. The molecule has 5 nitrogen and oxygen atoms in total. The molecule has 1 heterocycles. The molecule has 0 spiro atoms. The van der Waals surface area contributed by atoms with E-state index in [1.54, 1.807) is 24.3 Å². The monoisotopic (exact) mass is 423 g/mol. The van der Waals surface area contributed by atoms with Gasteiger partial charge in [0.2, 0.25) is 0 Å². The number of carbonyl (C=O) groups is 1. The second-order valence-electron chi connectivity index (χ2n) is 5.14. The zero-order valence-corrected chi connectivity index (χ0v) is 14.4. The maximum atomic E-state index is 11.4. The van der Waals surface area contributed by atoms with Crippen LogP contribution in [0.5, 0.6) is 17.2 Å². The van der Waals surface area contributed by atoms with Crippen LogP contribution in [0.4, 0.5) is 0 Å². The molecule has 118 valence electrons. The first-order valence-electron chi connectivity index (χ1n) is 6.93. The van der Waals surface area contributed by atoms with Gasteiger partial charge < -0.3 is 19.5 Å². The van der Waals surface area contributed by atoms with Crippen LogP contribution in [-0.2, 0) is 11.3 Å². The summed E-state index contributed by atoms with van der Waals surface area (Å²) in [6.45, 7) is 1.86. The molecule has 0 saturated carbocycles. The molecule has 23 heavy (non-hydrogen) atoms. The second-order valence-corrected chi connectivity index (χ2v) is 6.16. The number of carbonyl (C=O) groups excluding carboxylic acids is 1. The van der Waals surface area contributed by atoms with Gasteiger partial charge in [-0.1, -0.05) is 18.2 Å². The number of fused-ring (bicyclic) bond motifs is 1. The van der Waals surface area contributed by atoms with Crippen molar-refractivity contribution >= 4 is 39.5 Å². The highest BCUT2D eigenvalue weighted by Gasteiger charge is 2.20. The molecule has 2 N–H and O–H groups in total. The molecule has 2 aromatic carbocycles. The van der Waals surface area contributed by atoms with Crippen molar-refractivity contribution in [2.75, 3.05) is 0 Å². The molecule has 6 heteroatoms. The van der Waals surface area contributed by atoms with E-state index in [1.165, 1.54) is 6.92 Å². The molecule has 0 atom stereocenters. The van der Waals surface area contributed by atoms with Crippen molar-refractivity contribution in [1.29, 1.82) is 0 Å². The molecule has 0 aliphatic rings. The van der Waals surface area contributed by atoms with Gasteiger partial charge in [0.15, 0.2) is 5.75 Å². The number of benzene rings is 2. The average Bonchev–Trinajstić information content (AvgIpc) is 2.76. The summed E-state index contributed by atoms with van der Waals surface area (Å²) in [5.41, 5.74) is 1.76. The van der Waals surface area contributed by atoms with Gasteiger partial charge >= 0.3 is 5.97 Å². The molecule has 0 aliphatic heterocycles. The Morgan fingerprint density at radius 1 is 1.17 bits per heavy atom. The molecule has 0 bridgehead atoms. The maximum absolute atomic E-state index is 11.4. The minimum absolute atomic E-state index is 0.0705. The van der Waals surface area contributed by atoms with Crippen LogP contribution in [0.15, 0.2) is 42.5 Å². The number of aromatic nitrogens is 1. The van der Waals surface area contributed by atoms with E-state index < -0.39 is 5.97 Å². The molecular formula is C17H14INO4. The first-order chi connectivity index (χ1) is 11.0. The van der Waals surface area contributed by atoms with Crippen LogP contribution in [0.2, 0.25) is 0 Å². The topological polar surface area (TPSA) is 71.7 Å². The molecule has 0 fully saturated rings. The van der Waals surface area contributed by atoms with Crippen LogP contribution in [0, 0.1) is 3.70 Å². The number of phenolic OH excluding ortho intramolecular Hbond substituents is 2. The van der Waals surface area contributed by atoms with Gasteiger partial charge in [0.05, 0.1) is 10.9 Å². The molecule has 0 unspecified atom stereocenters. The van der Waals surface area contributed by atoms with Gasteiger partial charge in [0, 0.05) is 13.5 Å². The highest BCUT2D eigenvalue weighted by atomic mass is 127. The number of hydrogen-bond donors (Lipinski definition) is 2. The minimum Gasteiger partial charge on any atom is -0.508 e. The van der Waals surface area contributed by atoms with E-state index in [9.17, 15) is 15.0 Å². The molecular weight excluding hydrogens is 409 g/mol. The summed E-state index contributed by atoms with van der Waals surface area (Å²) in [7, 11) is 0. The summed E-state index contributed by atoms with van der Waals surface area (Å²) in [6.07, 6.45) is 0. The van der Waals surface area contributed by atoms with E-state index in [4.69, 9.17) is 4.74 Å². The van der Waals surface area contributed by atoms with Crippen molar-refractivity contribution in [3.63, 3.8) is 0 Å². The van der Waals surface area contributed by atoms with Crippen LogP contribution >= 0.6 is 22.6 Å². The Kier molecular flexibility index (Phi) is 4.16. The zero-order chi connectivity index (χ0) is 16.6. The van der Waals surface area contributed by atoms with Crippen molar-refractivity contribution in [3.8, 4) is 17.2 Å². The van der Waals surface area contributed by atoms with Gasteiger partial charge in [0.25, 0.3) is 0 Å². The Labute approximate surface area is 146 Å². The van der Waals surface area contributed by atoms with Crippen LogP contribution in [-0.4, -0.2) is 20.7 Å². The van der Waals surface area contributed by atoms with E-state index in [0.29, 0.717) is 17.7 Å². The Morgan fingerprint density at radius 3 is 2.52 bits per heavy atom. The molecule has 0 saturated heterocycles. The fourth-order valence-electron chi connectivity index (χ4n) is 2.49. The van der Waals surface area contributed by atoms with E-state index in [1.807, 2.05) is 22.8 Å². The van der Waals surface area contributed by atoms with E-state index >= 15 is 0 Å². The minimum atomic E-state index is -0.435. The largest absolute Gasteiger partial charge is 0.508 e. The van der Waals surface area contributed by atoms with E-state index in [2.05, 4.69) is 22.6 Å². The van der Waals surface area contributed by atoms with Crippen molar-refractivity contribution in [3.05, 3.63) is 51.7 Å². The standard InChI is InChI=1S/C17H14INO4/c1-10(20)23-16-15-13(3-2-4-14(15)22)19(17(16)18)9-11-5-7-12(21)8-6-11/h2-8,21-22H,9H2,1H3. The second kappa shape index (κ2) is 6.11. The van der Waals surface area contributed by atoms with Crippen LogP contribution in [0.25, 0.3) is 10.9 Å². The normalized spacial score (nSPS) is 10.9. The van der Waals surface area contributed by atoms with Gasteiger partial charge in [-0.25, -0.2) is 0 Å². The number of phenols is 2. The lowest BCUT2D eigenvalue weighted by Crippen LogP contribution is -2.05. The Balaban J connectivity index is 2.16. The van der Waals surface area contributed by atoms with Crippen molar-refractivity contribution < 1.29 is 19.7 Å². The summed E-state index contributed by atoms with van der Waals surface area (Å²) in [6, 6.07) is 12.1. The number of nitrogens with zero attached hydrogens (tertiary/aromatic N) is 1. The summed E-state index contributed by atoms with van der Waals surface area (Å²) in [4.78, 5) is 11.4. The number of hydrogen-bond acceptors (Lipinski definition) is 4. The molecule has 3 aromatic rings. The SMILES string of the molecule is CC(=O)Oc1c(I)n(Cc2ccc(O)cc2)c2cccc(O)c12. The number of esters is 1. The average molecular weight is 423 g/mol. The smallest absolute Gasteiger partial charge is 0.308 e. The molecule has 3 rings (SSSR count). The predicted molar refractivity (Wildman–Crippen MR) is 94.8 cm³/mol. The lowest BCUT2D eigenvalue weighted by molar-refractivity contribution is -0.131. The number of aromatic hydroxyl groups is 2. The van der Waals surface area contributed by atoms with Crippen LogP contribution in [0.1, 0.15) is 12.5 Å². The number of rotatable bonds is 3. The molecule has 0 amide bonds. The van der Waals surface area contributed by atoms with Crippen LogP contribution < -0.4 is 4.74 Å². The van der Waals surface area contributed by atoms with Crippen molar-refractivity contribution in [2.45, 2.75) is 13.5 Å². The third-order valence-electron chi connectivity index (χ3n) is 3.49. The molecule has 0 radical (unpaired) electrons. The molecule has 1 aromatic heterocycles. The van der Waals surface area contributed by atoms with Gasteiger partial charge in [0.1, 0.15) is 15.2 Å². The summed E-state index contributed by atoms with van der Waals surface area (Å²) >= 11 is 2.10. The maximum Gasteiger partial charge on any atom is 0.308 e. The fourth-order valence-corrected chi connectivity index (χ4v) is 3.30. The Bertz CT molecular complexity index is 884. The third-order valence-corrected chi connectivity index (χ3v) is 4.56. The summed E-state index contributed by atoms with van der Waals surface area (Å²) in [5, 5.41) is 20.1. The first kappa shape index (κ1) is 15.7. The third kappa shape index (κ3) is 2.98. The summed E-state index contributed by atoms with van der Waals surface area (Å²) in [5.74, 6) is 0.208. The lowest BCUT2D eigenvalue weighted by Gasteiger charge is -2.08. The van der Waals surface area contributed by atoms with Crippen molar-refractivity contribution in [1.82, 2.24) is 4.57 Å².